The van der Waals surface area contributed by atoms with E-state index >= 15 is 0 Å². The molecule has 0 N–H and O–H groups in total. The van der Waals surface area contributed by atoms with Crippen LogP contribution in [0.25, 0.3) is 31.9 Å². The quantitative estimate of drug-likeness (QED) is 0.346. The maximum absolute atomic E-state index is 6.75. The van der Waals surface area contributed by atoms with Crippen molar-refractivity contribution in [3.8, 4) is 0 Å². The van der Waals surface area contributed by atoms with E-state index in [4.69, 9.17) is 22.1 Å². The molecule has 0 aromatic rings. The first-order valence-corrected chi connectivity index (χ1v) is 0.800. The maximum Gasteiger partial charge on any atom is 2.00 e. The Morgan fingerprint density at radius 1 is 0.714 bits per heavy atom. The minimum Gasteiger partial charge on any atom is -0.373 e. The predicted molar refractivity (Wildman–Crippen MR) is 20.2 cm³/mol. The van der Waals surface area contributed by atoms with Crippen molar-refractivity contribution >= 4 is 0 Å². The van der Waals surface area contributed by atoms with Gasteiger partial charge in [-0.1, -0.05) is 0 Å². The smallest absolute Gasteiger partial charge is 0.373 e. The van der Waals surface area contributed by atoms with Crippen molar-refractivity contribution in [2.24, 2.45) is 0 Å². The van der Waals surface area contributed by atoms with Gasteiger partial charge in [0.2, 0.25) is 0 Å². The Morgan fingerprint density at radius 2 is 0.714 bits per heavy atom. The van der Waals surface area contributed by atoms with E-state index in [1.54, 1.807) is 0 Å². The van der Waals surface area contributed by atoms with E-state index in [0.717, 1.165) is 0 Å². The van der Waals surface area contributed by atoms with Crippen LogP contribution in [0.15, 0.2) is 0 Å². The Bertz CT molecular complexity index is 58.2. The van der Waals surface area contributed by atoms with Crippen molar-refractivity contribution in [2.45, 2.75) is 0 Å². The fraction of sp³-hybridized carbons (Fsp3) is 0. The van der Waals surface area contributed by atoms with Gasteiger partial charge < -0.3 is 22.1 Å². The molecule has 0 rings (SSSR count). The first kappa shape index (κ1) is 15.7. The Labute approximate surface area is 80.3 Å². The number of nitrogens with zero attached hydrogens (tertiary/aromatic N) is 6. The fourth-order valence-electron chi connectivity index (χ4n) is 0. The molecule has 1 radical (unpaired) electrons. The van der Waals surface area contributed by atoms with Crippen molar-refractivity contribution in [3.63, 3.8) is 0 Å². The number of hydrogen-bond acceptors (Lipinski definition) is 0. The Balaban J connectivity index is -0.0000000400. The van der Waals surface area contributed by atoms with E-state index in [9.17, 15) is 0 Å². The van der Waals surface area contributed by atoms with Crippen LogP contribution in [0.5, 0.6) is 0 Å². The molecular weight excluding hydrogens is 236 g/mol. The average Bonchev–Trinajstić information content (AvgIpc) is 1.39. The standard InChI is InChI=1S/Eu.2N3/c;2*1-3-2/q+2;2*-1. The van der Waals surface area contributed by atoms with Gasteiger partial charge in [0.1, 0.15) is 0 Å². The second kappa shape index (κ2) is 34.6. The van der Waals surface area contributed by atoms with Crippen molar-refractivity contribution in [2.75, 3.05) is 0 Å². The van der Waals surface area contributed by atoms with Gasteiger partial charge >= 0.3 is 49.4 Å². The molecule has 0 saturated carbocycles. The van der Waals surface area contributed by atoms with Gasteiger partial charge in [-0.15, -0.1) is 0 Å². The average molecular weight is 236 g/mol. The predicted octanol–water partition coefficient (Wildman–Crippen LogP) is 1.73. The van der Waals surface area contributed by atoms with Gasteiger partial charge in [0.05, 0.1) is 0 Å². The minimum atomic E-state index is 0. The van der Waals surface area contributed by atoms with Crippen LogP contribution in [0.3, 0.4) is 0 Å². The monoisotopic (exact) mass is 237 g/mol. The molecule has 37 valence electrons. The number of rotatable bonds is 0. The second-order valence-electron chi connectivity index (χ2n) is 0.179. The zero-order valence-electron chi connectivity index (χ0n) is 3.06. The van der Waals surface area contributed by atoms with Crippen LogP contribution in [0.1, 0.15) is 0 Å². The molecular formula is EuN6. The molecule has 0 aromatic carbocycles. The summed E-state index contributed by atoms with van der Waals surface area (Å²) in [6.07, 6.45) is 0. The Kier molecular flexibility index (Phi) is 77.5. The molecule has 0 saturated heterocycles. The number of hydrogen-bond donors (Lipinski definition) is 0. The van der Waals surface area contributed by atoms with Crippen LogP contribution in [-0.2, 0) is 0 Å². The summed E-state index contributed by atoms with van der Waals surface area (Å²) >= 11 is 0. The molecule has 0 fully saturated rings. The van der Waals surface area contributed by atoms with Gasteiger partial charge in [0.15, 0.2) is 0 Å². The molecule has 0 heterocycles. The summed E-state index contributed by atoms with van der Waals surface area (Å²) in [6.45, 7) is 0. The van der Waals surface area contributed by atoms with E-state index in [1.165, 1.54) is 9.82 Å². The first-order valence-electron chi connectivity index (χ1n) is 0.800. The Hall–Kier alpha value is 0.204. The van der Waals surface area contributed by atoms with E-state index < -0.39 is 0 Å². The van der Waals surface area contributed by atoms with Gasteiger partial charge in [0, 0.05) is 0 Å². The van der Waals surface area contributed by atoms with Gasteiger partial charge in [0.25, 0.3) is 0 Å². The summed E-state index contributed by atoms with van der Waals surface area (Å²) < 4.78 is 0. The Morgan fingerprint density at radius 3 is 0.714 bits per heavy atom. The van der Waals surface area contributed by atoms with Gasteiger partial charge in [-0.2, -0.15) is 0 Å². The second-order valence-corrected chi connectivity index (χ2v) is 0.179. The van der Waals surface area contributed by atoms with E-state index in [1.807, 2.05) is 0 Å². The third kappa shape index (κ3) is 2620. The van der Waals surface area contributed by atoms with Crippen molar-refractivity contribution in [3.05, 3.63) is 31.9 Å². The van der Waals surface area contributed by atoms with Crippen LogP contribution >= 0.6 is 0 Å². The van der Waals surface area contributed by atoms with Crippen LogP contribution in [0.4, 0.5) is 0 Å². The largest absolute Gasteiger partial charge is 2.00 e. The van der Waals surface area contributed by atoms with Gasteiger partial charge in [-0.3, -0.25) is 9.82 Å². The summed E-state index contributed by atoms with van der Waals surface area (Å²) in [6, 6.07) is 0. The zero-order chi connectivity index (χ0) is 5.41. The molecule has 0 amide bonds. The van der Waals surface area contributed by atoms with E-state index in [0.29, 0.717) is 0 Å². The SMILES string of the molecule is [Eu+2].[N-]=[N+]=[N-].[N-]=[N+]=[N-]. The van der Waals surface area contributed by atoms with Crippen LogP contribution in [0, 0.1) is 49.4 Å². The third-order valence-electron chi connectivity index (χ3n) is 0. The molecule has 7 heavy (non-hydrogen) atoms. The van der Waals surface area contributed by atoms with Crippen molar-refractivity contribution in [1.82, 2.24) is 0 Å². The molecule has 0 atom stereocenters. The summed E-state index contributed by atoms with van der Waals surface area (Å²) in [5.41, 5.74) is 27.0. The van der Waals surface area contributed by atoms with E-state index in [2.05, 4.69) is 0 Å². The third-order valence-corrected chi connectivity index (χ3v) is 0. The first-order chi connectivity index (χ1) is 2.83. The topological polar surface area (TPSA) is 117 Å². The zero-order valence-corrected chi connectivity index (χ0v) is 5.49. The van der Waals surface area contributed by atoms with Crippen LogP contribution in [-0.4, -0.2) is 0 Å². The molecule has 0 aliphatic heterocycles. The summed E-state index contributed by atoms with van der Waals surface area (Å²) in [4.78, 5) is 3.00. The molecule has 7 heteroatoms. The van der Waals surface area contributed by atoms with Crippen LogP contribution < -0.4 is 0 Å². The molecule has 0 aliphatic rings. The molecule has 0 spiro atoms. The summed E-state index contributed by atoms with van der Waals surface area (Å²) in [7, 11) is 0. The minimum absolute atomic E-state index is 0. The van der Waals surface area contributed by atoms with Crippen LogP contribution in [0.2, 0.25) is 0 Å². The summed E-state index contributed by atoms with van der Waals surface area (Å²) in [5.74, 6) is 0. The maximum atomic E-state index is 6.75. The van der Waals surface area contributed by atoms with E-state index in [-0.39, 0.29) is 49.4 Å². The fourth-order valence-corrected chi connectivity index (χ4v) is 0. The normalized spacial score (nSPS) is 2.29. The van der Waals surface area contributed by atoms with Crippen molar-refractivity contribution in [1.29, 1.82) is 0 Å². The molecule has 0 unspecified atom stereocenters. The molecule has 0 aliphatic carbocycles. The summed E-state index contributed by atoms with van der Waals surface area (Å²) in [5, 5.41) is 0. The molecule has 0 aromatic heterocycles. The van der Waals surface area contributed by atoms with Gasteiger partial charge in [-0.25, -0.2) is 0 Å². The molecule has 0 bridgehead atoms. The van der Waals surface area contributed by atoms with Gasteiger partial charge in [-0.05, 0) is 0 Å². The van der Waals surface area contributed by atoms with Crippen molar-refractivity contribution < 1.29 is 49.4 Å². The molecule has 6 nitrogen and oxygen atoms in total.